The molecule has 0 bridgehead atoms. The number of hydrogen-bond donors (Lipinski definition) is 0. The lowest BCUT2D eigenvalue weighted by atomic mass is 10.3. The van der Waals surface area contributed by atoms with Gasteiger partial charge in [-0.15, -0.1) is 6.20 Å². The normalized spacial score (nSPS) is 15.2. The molecule has 18 heavy (non-hydrogen) atoms. The van der Waals surface area contributed by atoms with E-state index in [2.05, 4.69) is 5.43 Å². The first-order valence-electron chi connectivity index (χ1n) is 4.99. The van der Waals surface area contributed by atoms with E-state index >= 15 is 0 Å². The third kappa shape index (κ3) is 3.08. The second-order valence-electron chi connectivity index (χ2n) is 3.21. The summed E-state index contributed by atoms with van der Waals surface area (Å²) in [7, 11) is 0. The van der Waals surface area contributed by atoms with Gasteiger partial charge in [-0.1, -0.05) is 6.08 Å². The standard InChI is InChI=1S/C11H9N3O4/c15-14(16)10-3-5-11(6-4-10)18-17-9-13-8-2-1-7-12-13/h1-9H/b13-9-. The summed E-state index contributed by atoms with van der Waals surface area (Å²) in [5, 5.41) is 10.4. The molecule has 0 unspecified atom stereocenters. The van der Waals surface area contributed by atoms with Crippen LogP contribution in [0.1, 0.15) is 0 Å². The molecule has 0 N–H and O–H groups in total. The van der Waals surface area contributed by atoms with Crippen molar-refractivity contribution in [2.75, 3.05) is 0 Å². The maximum atomic E-state index is 10.4. The Morgan fingerprint density at radius 3 is 2.67 bits per heavy atom. The van der Waals surface area contributed by atoms with E-state index in [1.807, 2.05) is 0 Å². The van der Waals surface area contributed by atoms with E-state index < -0.39 is 4.92 Å². The highest BCUT2D eigenvalue weighted by molar-refractivity contribution is 5.41. The molecule has 2 rings (SSSR count). The molecule has 7 heteroatoms. The van der Waals surface area contributed by atoms with Crippen LogP contribution in [0.25, 0.3) is 5.43 Å². The molecule has 1 aliphatic heterocycles. The van der Waals surface area contributed by atoms with Crippen molar-refractivity contribution in [3.63, 3.8) is 0 Å². The van der Waals surface area contributed by atoms with Gasteiger partial charge >= 0.3 is 6.40 Å². The molecule has 0 spiro atoms. The average Bonchev–Trinajstić information content (AvgIpc) is 2.40. The van der Waals surface area contributed by atoms with E-state index in [0.29, 0.717) is 5.75 Å². The minimum Gasteiger partial charge on any atom is -0.410 e. The van der Waals surface area contributed by atoms with Gasteiger partial charge in [-0.3, -0.25) is 15.0 Å². The summed E-state index contributed by atoms with van der Waals surface area (Å²) in [6, 6.07) is 5.53. The Kier molecular flexibility index (Phi) is 3.55. The molecule has 0 aromatic heterocycles. The molecule has 0 aliphatic carbocycles. The molecular formula is C11H9N3O4. The molecule has 0 fully saturated rings. The van der Waals surface area contributed by atoms with E-state index in [4.69, 9.17) is 9.78 Å². The number of allylic oxidation sites excluding steroid dienone is 2. The van der Waals surface area contributed by atoms with Crippen LogP contribution in [0.2, 0.25) is 0 Å². The second kappa shape index (κ2) is 5.48. The van der Waals surface area contributed by atoms with Gasteiger partial charge in [-0.05, 0) is 12.1 Å². The fourth-order valence-electron chi connectivity index (χ4n) is 1.15. The number of non-ortho nitro benzene ring substituents is 1. The van der Waals surface area contributed by atoms with E-state index in [1.54, 1.807) is 24.6 Å². The Morgan fingerprint density at radius 2 is 2.06 bits per heavy atom. The van der Waals surface area contributed by atoms with Crippen molar-refractivity contribution in [1.29, 1.82) is 0 Å². The molecule has 1 aromatic rings. The van der Waals surface area contributed by atoms with Crippen LogP contribution < -0.4 is 4.89 Å². The molecule has 1 aromatic carbocycles. The van der Waals surface area contributed by atoms with Crippen LogP contribution >= 0.6 is 0 Å². The zero-order valence-corrected chi connectivity index (χ0v) is 9.17. The Bertz CT molecular complexity index is 520. The maximum Gasteiger partial charge on any atom is 0.370 e. The van der Waals surface area contributed by atoms with Gasteiger partial charge in [0, 0.05) is 18.2 Å². The predicted molar refractivity (Wildman–Crippen MR) is 62.8 cm³/mol. The van der Waals surface area contributed by atoms with Crippen LogP contribution in [0.3, 0.4) is 0 Å². The summed E-state index contributed by atoms with van der Waals surface area (Å²) in [5.41, 5.74) is 3.91. The van der Waals surface area contributed by atoms with Gasteiger partial charge in [0.2, 0.25) is 0 Å². The predicted octanol–water partition coefficient (Wildman–Crippen LogP) is 2.28. The Balaban J connectivity index is 1.88. The van der Waals surface area contributed by atoms with Gasteiger partial charge in [0.25, 0.3) is 5.69 Å². The van der Waals surface area contributed by atoms with Crippen molar-refractivity contribution >= 4 is 12.1 Å². The van der Waals surface area contributed by atoms with Crippen molar-refractivity contribution in [3.8, 4) is 5.75 Å². The van der Waals surface area contributed by atoms with Gasteiger partial charge < -0.3 is 5.43 Å². The molecule has 0 saturated carbocycles. The zero-order chi connectivity index (χ0) is 12.8. The van der Waals surface area contributed by atoms with Crippen molar-refractivity contribution in [2.24, 2.45) is 0 Å². The van der Waals surface area contributed by atoms with Crippen molar-refractivity contribution in [3.05, 3.63) is 64.4 Å². The van der Waals surface area contributed by atoms with Crippen LogP contribution in [-0.4, -0.2) is 16.0 Å². The van der Waals surface area contributed by atoms with Crippen molar-refractivity contribution < 1.29 is 19.4 Å². The van der Waals surface area contributed by atoms with E-state index in [-0.39, 0.29) is 5.69 Å². The highest BCUT2D eigenvalue weighted by Gasteiger charge is 2.04. The first-order valence-corrected chi connectivity index (χ1v) is 4.99. The highest BCUT2D eigenvalue weighted by Crippen LogP contribution is 2.17. The third-order valence-electron chi connectivity index (χ3n) is 1.98. The highest BCUT2D eigenvalue weighted by atomic mass is 17.2. The summed E-state index contributed by atoms with van der Waals surface area (Å²) < 4.78 is 1.41. The lowest BCUT2D eigenvalue weighted by Crippen LogP contribution is -2.05. The van der Waals surface area contributed by atoms with E-state index in [9.17, 15) is 10.1 Å². The number of hydrogen-bond acceptors (Lipinski definition) is 4. The minimum atomic E-state index is -0.486. The summed E-state index contributed by atoms with van der Waals surface area (Å²) >= 11 is 0. The summed E-state index contributed by atoms with van der Waals surface area (Å²) in [4.78, 5) is 19.7. The molecule has 92 valence electrons. The van der Waals surface area contributed by atoms with Crippen molar-refractivity contribution in [2.45, 2.75) is 0 Å². The van der Waals surface area contributed by atoms with E-state index in [0.717, 1.165) is 0 Å². The molecule has 1 heterocycles. The molecule has 0 saturated heterocycles. The number of rotatable bonds is 4. The molecule has 1 aliphatic rings. The van der Waals surface area contributed by atoms with E-state index in [1.165, 1.54) is 35.4 Å². The lowest BCUT2D eigenvalue weighted by Gasteiger charge is -2.09. The fourth-order valence-corrected chi connectivity index (χ4v) is 1.15. The number of nitro groups is 1. The summed E-state index contributed by atoms with van der Waals surface area (Å²) in [5.74, 6) is 0.355. The molecule has 0 radical (unpaired) electrons. The Morgan fingerprint density at radius 1 is 1.28 bits per heavy atom. The minimum absolute atomic E-state index is 0.00886. The monoisotopic (exact) mass is 247 g/mol. The van der Waals surface area contributed by atoms with Crippen LogP contribution in [-0.2, 0) is 4.89 Å². The zero-order valence-electron chi connectivity index (χ0n) is 9.17. The summed E-state index contributed by atoms with van der Waals surface area (Å²) in [6.45, 7) is 0. The molecule has 7 nitrogen and oxygen atoms in total. The largest absolute Gasteiger partial charge is 0.410 e. The fraction of sp³-hybridized carbons (Fsp3) is 0. The number of nitro benzene ring substituents is 1. The molecule has 0 amide bonds. The smallest absolute Gasteiger partial charge is 0.370 e. The molecular weight excluding hydrogens is 238 g/mol. The lowest BCUT2D eigenvalue weighted by molar-refractivity contribution is -0.412. The van der Waals surface area contributed by atoms with Crippen molar-refractivity contribution in [1.82, 2.24) is 0 Å². The first kappa shape index (κ1) is 11.6. The maximum absolute atomic E-state index is 10.4. The van der Waals surface area contributed by atoms with Crippen LogP contribution in [0.5, 0.6) is 5.75 Å². The van der Waals surface area contributed by atoms with Gasteiger partial charge in [0.05, 0.1) is 4.92 Å². The third-order valence-corrected chi connectivity index (χ3v) is 1.98. The Labute approximate surface area is 102 Å². The van der Waals surface area contributed by atoms with Gasteiger partial charge in [0.15, 0.2) is 11.9 Å². The van der Waals surface area contributed by atoms with Gasteiger partial charge in [0.1, 0.15) is 0 Å². The van der Waals surface area contributed by atoms with Crippen LogP contribution in [0.15, 0.2) is 48.8 Å². The first-order chi connectivity index (χ1) is 8.75. The van der Waals surface area contributed by atoms with Gasteiger partial charge in [-0.25, -0.2) is 9.57 Å². The quantitative estimate of drug-likeness (QED) is 0.269. The molecule has 0 atom stereocenters. The summed E-state index contributed by atoms with van der Waals surface area (Å²) in [6.07, 6.45) is 8.05. The van der Waals surface area contributed by atoms with Crippen LogP contribution in [0, 0.1) is 10.1 Å². The number of benzene rings is 1. The SMILES string of the molecule is O=[N+]([O-])c1ccc(OO/C=[N+]2/C=CC=C[N-]2)cc1. The van der Waals surface area contributed by atoms with Crippen LogP contribution in [0.4, 0.5) is 5.69 Å². The number of nitrogens with zero attached hydrogens (tertiary/aromatic N) is 3. The average molecular weight is 247 g/mol. The topological polar surface area (TPSA) is 78.7 Å². The van der Waals surface area contributed by atoms with Gasteiger partial charge in [-0.2, -0.15) is 0 Å². The Hall–Kier alpha value is -2.83. The second-order valence-corrected chi connectivity index (χ2v) is 3.21.